The maximum absolute atomic E-state index is 12.8. The van der Waals surface area contributed by atoms with Crippen LogP contribution in [0.4, 0.5) is 4.39 Å². The van der Waals surface area contributed by atoms with Crippen LogP contribution in [-0.4, -0.2) is 28.5 Å². The monoisotopic (exact) mass is 254 g/mol. The molecule has 0 radical (unpaired) electrons. The van der Waals surface area contributed by atoms with E-state index in [1.807, 2.05) is 0 Å². The summed E-state index contributed by atoms with van der Waals surface area (Å²) < 4.78 is 12.8. The lowest BCUT2D eigenvalue weighted by molar-refractivity contribution is -0.141. The van der Waals surface area contributed by atoms with Crippen molar-refractivity contribution in [1.82, 2.24) is 10.3 Å². The molecule has 1 atom stereocenters. The summed E-state index contributed by atoms with van der Waals surface area (Å²) in [5.41, 5.74) is 0.203. The molecule has 6 heteroatoms. The molecule has 1 aromatic heterocycles. The number of aliphatic carboxylic acids is 1. The first-order valence-corrected chi connectivity index (χ1v) is 5.63. The molecule has 2 N–H and O–H groups in total. The van der Waals surface area contributed by atoms with Gasteiger partial charge in [-0.2, -0.15) is 4.39 Å². The van der Waals surface area contributed by atoms with Crippen molar-refractivity contribution in [2.24, 2.45) is 5.92 Å². The van der Waals surface area contributed by atoms with E-state index in [2.05, 4.69) is 10.3 Å². The number of carboxylic acid groups (broad SMARTS) is 1. The number of hydrogen-bond donors (Lipinski definition) is 2. The first kappa shape index (κ1) is 14.1. The summed E-state index contributed by atoms with van der Waals surface area (Å²) in [6.45, 7) is 1.97. The topological polar surface area (TPSA) is 79.3 Å². The van der Waals surface area contributed by atoms with E-state index in [1.165, 1.54) is 12.3 Å². The molecule has 5 nitrogen and oxygen atoms in total. The van der Waals surface area contributed by atoms with Gasteiger partial charge in [0.2, 0.25) is 5.95 Å². The lowest BCUT2D eigenvalue weighted by Crippen LogP contribution is -2.25. The van der Waals surface area contributed by atoms with Gasteiger partial charge >= 0.3 is 5.97 Å². The van der Waals surface area contributed by atoms with Crippen molar-refractivity contribution in [2.75, 3.05) is 6.54 Å². The van der Waals surface area contributed by atoms with Gasteiger partial charge in [-0.1, -0.05) is 6.92 Å². The Labute approximate surface area is 104 Å². The summed E-state index contributed by atoms with van der Waals surface area (Å²) in [6, 6.07) is 2.47. The van der Waals surface area contributed by atoms with E-state index in [0.29, 0.717) is 19.4 Å². The molecule has 0 aromatic carbocycles. The van der Waals surface area contributed by atoms with Gasteiger partial charge in [0.25, 0.3) is 5.91 Å². The Balaban J connectivity index is 2.32. The molecule has 0 saturated carbocycles. The van der Waals surface area contributed by atoms with Crippen molar-refractivity contribution in [3.05, 3.63) is 29.8 Å². The predicted molar refractivity (Wildman–Crippen MR) is 62.6 cm³/mol. The molecule has 18 heavy (non-hydrogen) atoms. The zero-order chi connectivity index (χ0) is 13.5. The average Bonchev–Trinajstić information content (AvgIpc) is 2.33. The largest absolute Gasteiger partial charge is 0.481 e. The second-order valence-corrected chi connectivity index (χ2v) is 4.00. The Hall–Kier alpha value is -1.98. The molecule has 1 rings (SSSR count). The van der Waals surface area contributed by atoms with E-state index in [9.17, 15) is 14.0 Å². The predicted octanol–water partition coefficient (Wildman–Crippen LogP) is 1.45. The van der Waals surface area contributed by atoms with Crippen LogP contribution in [0, 0.1) is 11.9 Å². The molecule has 98 valence electrons. The summed E-state index contributed by atoms with van der Waals surface area (Å²) in [5.74, 6) is -2.38. The van der Waals surface area contributed by atoms with Gasteiger partial charge in [-0.15, -0.1) is 0 Å². The van der Waals surface area contributed by atoms with Crippen molar-refractivity contribution in [2.45, 2.75) is 19.8 Å². The number of carbonyl (C=O) groups excluding carboxylic acids is 1. The number of carboxylic acids is 1. The summed E-state index contributed by atoms with van der Waals surface area (Å²) in [7, 11) is 0. The fourth-order valence-corrected chi connectivity index (χ4v) is 1.38. The van der Waals surface area contributed by atoms with Gasteiger partial charge in [-0.3, -0.25) is 9.59 Å². The Morgan fingerprint density at radius 1 is 1.56 bits per heavy atom. The number of hydrogen-bond acceptors (Lipinski definition) is 3. The van der Waals surface area contributed by atoms with Crippen molar-refractivity contribution in [3.8, 4) is 0 Å². The van der Waals surface area contributed by atoms with Gasteiger partial charge in [-0.05, 0) is 18.9 Å². The first-order chi connectivity index (χ1) is 8.50. The highest BCUT2D eigenvalue weighted by molar-refractivity contribution is 5.93. The second-order valence-electron chi connectivity index (χ2n) is 4.00. The SMILES string of the molecule is CC(CCCNC(=O)c1ccnc(F)c1)C(=O)O. The van der Waals surface area contributed by atoms with E-state index < -0.39 is 17.8 Å². The third-order valence-corrected chi connectivity index (χ3v) is 2.51. The molecule has 1 aromatic rings. The molecule has 0 bridgehead atoms. The maximum atomic E-state index is 12.8. The number of aromatic nitrogens is 1. The van der Waals surface area contributed by atoms with Crippen LogP contribution in [0.5, 0.6) is 0 Å². The van der Waals surface area contributed by atoms with Gasteiger partial charge in [0, 0.05) is 24.4 Å². The fraction of sp³-hybridized carbons (Fsp3) is 0.417. The lowest BCUT2D eigenvalue weighted by atomic mass is 10.1. The van der Waals surface area contributed by atoms with E-state index in [-0.39, 0.29) is 11.5 Å². The lowest BCUT2D eigenvalue weighted by Gasteiger charge is -2.07. The van der Waals surface area contributed by atoms with Crippen LogP contribution in [0.25, 0.3) is 0 Å². The van der Waals surface area contributed by atoms with E-state index in [4.69, 9.17) is 5.11 Å². The number of rotatable bonds is 6. The molecule has 0 aliphatic heterocycles. The molecule has 0 fully saturated rings. The zero-order valence-electron chi connectivity index (χ0n) is 10.0. The van der Waals surface area contributed by atoms with Crippen molar-refractivity contribution >= 4 is 11.9 Å². The van der Waals surface area contributed by atoms with Crippen molar-refractivity contribution < 1.29 is 19.1 Å². The molecule has 0 saturated heterocycles. The van der Waals surface area contributed by atoms with Crippen molar-refractivity contribution in [3.63, 3.8) is 0 Å². The minimum Gasteiger partial charge on any atom is -0.481 e. The van der Waals surface area contributed by atoms with Gasteiger partial charge in [0.05, 0.1) is 5.92 Å². The minimum atomic E-state index is -0.850. The number of halogens is 1. The normalized spacial score (nSPS) is 11.9. The standard InChI is InChI=1S/C12H15FN2O3/c1-8(12(17)18)3-2-5-15-11(16)9-4-6-14-10(13)7-9/h4,6-8H,2-3,5H2,1H3,(H,15,16)(H,17,18). The van der Waals surface area contributed by atoms with Crippen LogP contribution < -0.4 is 5.32 Å². The Bertz CT molecular complexity index is 437. The molecule has 1 unspecified atom stereocenters. The van der Waals surface area contributed by atoms with Crippen molar-refractivity contribution in [1.29, 1.82) is 0 Å². The van der Waals surface area contributed by atoms with Crippen LogP contribution in [0.15, 0.2) is 18.3 Å². The maximum Gasteiger partial charge on any atom is 0.306 e. The Morgan fingerprint density at radius 2 is 2.28 bits per heavy atom. The number of carbonyl (C=O) groups is 2. The van der Waals surface area contributed by atoms with Crippen LogP contribution in [0.2, 0.25) is 0 Å². The Kier molecular flexibility index (Phi) is 5.23. The molecule has 0 spiro atoms. The van der Waals surface area contributed by atoms with Crippen LogP contribution >= 0.6 is 0 Å². The quantitative estimate of drug-likeness (QED) is 0.595. The van der Waals surface area contributed by atoms with Crippen LogP contribution in [-0.2, 0) is 4.79 Å². The highest BCUT2D eigenvalue weighted by Gasteiger charge is 2.10. The zero-order valence-corrected chi connectivity index (χ0v) is 10.0. The smallest absolute Gasteiger partial charge is 0.306 e. The summed E-state index contributed by atoms with van der Waals surface area (Å²) in [4.78, 5) is 25.5. The number of nitrogens with one attached hydrogen (secondary N) is 1. The highest BCUT2D eigenvalue weighted by Crippen LogP contribution is 2.05. The minimum absolute atomic E-state index is 0.203. The van der Waals surface area contributed by atoms with E-state index in [1.54, 1.807) is 6.92 Å². The third-order valence-electron chi connectivity index (χ3n) is 2.51. The first-order valence-electron chi connectivity index (χ1n) is 5.63. The van der Waals surface area contributed by atoms with E-state index in [0.717, 1.165) is 6.07 Å². The van der Waals surface area contributed by atoms with Crippen LogP contribution in [0.1, 0.15) is 30.1 Å². The number of pyridine rings is 1. The summed E-state index contributed by atoms with van der Waals surface area (Å²) in [6.07, 6.45) is 2.27. The molecule has 1 amide bonds. The third kappa shape index (κ3) is 4.48. The fourth-order valence-electron chi connectivity index (χ4n) is 1.38. The van der Waals surface area contributed by atoms with Gasteiger partial charge < -0.3 is 10.4 Å². The average molecular weight is 254 g/mol. The van der Waals surface area contributed by atoms with Crippen LogP contribution in [0.3, 0.4) is 0 Å². The summed E-state index contributed by atoms with van der Waals surface area (Å²) >= 11 is 0. The highest BCUT2D eigenvalue weighted by atomic mass is 19.1. The molecule has 1 heterocycles. The van der Waals surface area contributed by atoms with Gasteiger partial charge in [0.1, 0.15) is 0 Å². The number of amides is 1. The summed E-state index contributed by atoms with van der Waals surface area (Å²) in [5, 5.41) is 11.3. The van der Waals surface area contributed by atoms with Gasteiger partial charge in [0.15, 0.2) is 0 Å². The second kappa shape index (κ2) is 6.68. The van der Waals surface area contributed by atoms with Gasteiger partial charge in [-0.25, -0.2) is 4.98 Å². The van der Waals surface area contributed by atoms with E-state index >= 15 is 0 Å². The molecular weight excluding hydrogens is 239 g/mol. The molecular formula is C12H15FN2O3. The number of nitrogens with zero attached hydrogens (tertiary/aromatic N) is 1. The Morgan fingerprint density at radius 3 is 2.89 bits per heavy atom. The molecule has 0 aliphatic rings. The molecule has 0 aliphatic carbocycles.